The molecule has 0 saturated heterocycles. The van der Waals surface area contributed by atoms with E-state index in [1.54, 1.807) is 36.6 Å². The molecule has 1 aromatic heterocycles. The number of pyridine rings is 1. The lowest BCUT2D eigenvalue weighted by Gasteiger charge is -2.07. The Morgan fingerprint density at radius 1 is 1.35 bits per heavy atom. The maximum atomic E-state index is 11.1. The van der Waals surface area contributed by atoms with Gasteiger partial charge in [0.1, 0.15) is 5.82 Å². The summed E-state index contributed by atoms with van der Waals surface area (Å²) in [5.41, 5.74) is 0.900. The van der Waals surface area contributed by atoms with Crippen LogP contribution in [0, 0.1) is 0 Å². The number of aromatic carboxylic acids is 1. The minimum atomic E-state index is -0.955. The molecular weight excluding hydrogens is 276 g/mol. The summed E-state index contributed by atoms with van der Waals surface area (Å²) in [6.45, 7) is 0.691. The highest BCUT2D eigenvalue weighted by Crippen LogP contribution is 2.19. The first-order valence-electron chi connectivity index (χ1n) is 6.25. The second-order valence-corrected chi connectivity index (χ2v) is 5.99. The number of fused-ring (bicyclic) bond motifs is 1. The average Bonchev–Trinajstić information content (AvgIpc) is 2.42. The Kier molecular flexibility index (Phi) is 4.68. The van der Waals surface area contributed by atoms with Gasteiger partial charge in [0, 0.05) is 34.7 Å². The number of nitrogens with one attached hydrogen (secondary N) is 1. The van der Waals surface area contributed by atoms with Crippen molar-refractivity contribution in [2.75, 3.05) is 23.9 Å². The summed E-state index contributed by atoms with van der Waals surface area (Å²) < 4.78 is 10.9. The van der Waals surface area contributed by atoms with Crippen LogP contribution in [0.1, 0.15) is 16.8 Å². The van der Waals surface area contributed by atoms with Crippen molar-refractivity contribution in [1.82, 2.24) is 4.98 Å². The van der Waals surface area contributed by atoms with Crippen molar-refractivity contribution in [1.29, 1.82) is 0 Å². The molecule has 0 fully saturated rings. The normalized spacial score (nSPS) is 12.2. The van der Waals surface area contributed by atoms with Gasteiger partial charge in [-0.3, -0.25) is 4.21 Å². The van der Waals surface area contributed by atoms with Crippen molar-refractivity contribution in [3.05, 3.63) is 35.9 Å². The minimum Gasteiger partial charge on any atom is -0.478 e. The zero-order valence-corrected chi connectivity index (χ0v) is 11.9. The van der Waals surface area contributed by atoms with E-state index < -0.39 is 16.8 Å². The molecular formula is C14H16N2O3S. The number of hydrogen-bond acceptors (Lipinski definition) is 4. The fraction of sp³-hybridized carbons (Fsp3) is 0.286. The van der Waals surface area contributed by atoms with Gasteiger partial charge in [0.05, 0.1) is 11.1 Å². The molecule has 5 nitrogen and oxygen atoms in total. The van der Waals surface area contributed by atoms with E-state index in [0.717, 1.165) is 6.42 Å². The van der Waals surface area contributed by atoms with Gasteiger partial charge in [-0.2, -0.15) is 0 Å². The molecule has 0 bridgehead atoms. The molecule has 2 N–H and O–H groups in total. The number of carbonyl (C=O) groups is 1. The predicted molar refractivity (Wildman–Crippen MR) is 80.7 cm³/mol. The van der Waals surface area contributed by atoms with Crippen LogP contribution in [0.5, 0.6) is 0 Å². The molecule has 1 heterocycles. The number of carboxylic acid groups (broad SMARTS) is 1. The van der Waals surface area contributed by atoms with E-state index in [9.17, 15) is 9.00 Å². The highest BCUT2D eigenvalue weighted by atomic mass is 32.2. The predicted octanol–water partition coefficient (Wildman–Crippen LogP) is 2.11. The number of anilines is 1. The molecule has 106 valence electrons. The van der Waals surface area contributed by atoms with Gasteiger partial charge in [-0.1, -0.05) is 6.07 Å². The van der Waals surface area contributed by atoms with Gasteiger partial charge in [0.15, 0.2) is 0 Å². The van der Waals surface area contributed by atoms with Crippen LogP contribution in [-0.2, 0) is 10.8 Å². The Labute approximate surface area is 119 Å². The van der Waals surface area contributed by atoms with E-state index in [1.807, 2.05) is 0 Å². The summed E-state index contributed by atoms with van der Waals surface area (Å²) in [5.74, 6) is 0.398. The molecule has 0 aliphatic carbocycles. The highest BCUT2D eigenvalue weighted by Gasteiger charge is 2.08. The van der Waals surface area contributed by atoms with Crippen LogP contribution < -0.4 is 5.32 Å². The molecule has 1 atom stereocenters. The summed E-state index contributed by atoms with van der Waals surface area (Å²) in [6.07, 6.45) is 2.49. The van der Waals surface area contributed by atoms with Crippen LogP contribution in [0.15, 0.2) is 30.3 Å². The number of rotatable bonds is 6. The molecule has 1 unspecified atom stereocenters. The highest BCUT2D eigenvalue weighted by molar-refractivity contribution is 7.84. The fourth-order valence-corrected chi connectivity index (χ4v) is 2.48. The van der Waals surface area contributed by atoms with Crippen LogP contribution >= 0.6 is 0 Å². The van der Waals surface area contributed by atoms with Crippen molar-refractivity contribution >= 4 is 33.5 Å². The molecule has 2 aromatic rings. The van der Waals surface area contributed by atoms with Crippen molar-refractivity contribution in [3.63, 3.8) is 0 Å². The third kappa shape index (κ3) is 3.54. The van der Waals surface area contributed by atoms with Crippen LogP contribution in [0.4, 0.5) is 5.82 Å². The summed E-state index contributed by atoms with van der Waals surface area (Å²) in [5, 5.41) is 12.9. The number of nitrogens with zero attached hydrogens (tertiary/aromatic N) is 1. The Morgan fingerprint density at radius 3 is 2.85 bits per heavy atom. The SMILES string of the molecule is CS(=O)CCCNc1ccc2c(C(=O)O)cccc2n1. The number of aromatic nitrogens is 1. The maximum absolute atomic E-state index is 11.1. The van der Waals surface area contributed by atoms with E-state index in [2.05, 4.69) is 10.3 Å². The zero-order chi connectivity index (χ0) is 14.5. The van der Waals surface area contributed by atoms with E-state index in [4.69, 9.17) is 5.11 Å². The molecule has 6 heteroatoms. The first-order chi connectivity index (χ1) is 9.58. The second kappa shape index (κ2) is 6.47. The summed E-state index contributed by atoms with van der Waals surface area (Å²) in [4.78, 5) is 15.5. The first-order valence-corrected chi connectivity index (χ1v) is 7.97. The number of hydrogen-bond donors (Lipinski definition) is 2. The van der Waals surface area contributed by atoms with E-state index in [0.29, 0.717) is 29.0 Å². The van der Waals surface area contributed by atoms with Crippen molar-refractivity contribution < 1.29 is 14.1 Å². The fourth-order valence-electron chi connectivity index (χ4n) is 1.93. The van der Waals surface area contributed by atoms with Gasteiger partial charge in [0.25, 0.3) is 0 Å². The van der Waals surface area contributed by atoms with Gasteiger partial charge in [-0.25, -0.2) is 9.78 Å². The monoisotopic (exact) mass is 292 g/mol. The molecule has 0 aliphatic heterocycles. The van der Waals surface area contributed by atoms with Gasteiger partial charge in [-0.15, -0.1) is 0 Å². The molecule has 1 aromatic carbocycles. The van der Waals surface area contributed by atoms with Crippen LogP contribution in [-0.4, -0.2) is 38.8 Å². The van der Waals surface area contributed by atoms with Gasteiger partial charge in [-0.05, 0) is 30.7 Å². The lowest BCUT2D eigenvalue weighted by atomic mass is 10.1. The van der Waals surface area contributed by atoms with Crippen LogP contribution in [0.25, 0.3) is 10.9 Å². The van der Waals surface area contributed by atoms with Gasteiger partial charge >= 0.3 is 5.97 Å². The Morgan fingerprint density at radius 2 is 2.15 bits per heavy atom. The lowest BCUT2D eigenvalue weighted by Crippen LogP contribution is -2.07. The smallest absolute Gasteiger partial charge is 0.336 e. The lowest BCUT2D eigenvalue weighted by molar-refractivity contribution is 0.0699. The largest absolute Gasteiger partial charge is 0.478 e. The van der Waals surface area contributed by atoms with Crippen LogP contribution in [0.3, 0.4) is 0 Å². The van der Waals surface area contributed by atoms with E-state index in [-0.39, 0.29) is 5.56 Å². The molecule has 0 radical (unpaired) electrons. The Bertz CT molecular complexity index is 658. The molecule has 2 rings (SSSR count). The zero-order valence-electron chi connectivity index (χ0n) is 11.1. The summed E-state index contributed by atoms with van der Waals surface area (Å²) in [6, 6.07) is 8.55. The standard InChI is InChI=1S/C14H16N2O3S/c1-20(19)9-3-8-15-13-7-6-10-11(14(17)18)4-2-5-12(10)16-13/h2,4-7H,3,8-9H2,1H3,(H,15,16)(H,17,18). The molecule has 0 spiro atoms. The summed E-state index contributed by atoms with van der Waals surface area (Å²) in [7, 11) is -0.780. The van der Waals surface area contributed by atoms with Crippen molar-refractivity contribution in [2.45, 2.75) is 6.42 Å². The molecule has 20 heavy (non-hydrogen) atoms. The molecule has 0 amide bonds. The molecule has 0 saturated carbocycles. The third-order valence-electron chi connectivity index (χ3n) is 2.88. The minimum absolute atomic E-state index is 0.253. The number of carboxylic acids is 1. The van der Waals surface area contributed by atoms with E-state index in [1.165, 1.54) is 0 Å². The van der Waals surface area contributed by atoms with E-state index >= 15 is 0 Å². The third-order valence-corrected chi connectivity index (χ3v) is 3.74. The Balaban J connectivity index is 2.14. The van der Waals surface area contributed by atoms with Crippen LogP contribution in [0.2, 0.25) is 0 Å². The Hall–Kier alpha value is -1.95. The molecule has 0 aliphatic rings. The number of benzene rings is 1. The summed E-state index contributed by atoms with van der Waals surface area (Å²) >= 11 is 0. The van der Waals surface area contributed by atoms with Gasteiger partial charge in [0.2, 0.25) is 0 Å². The van der Waals surface area contributed by atoms with Gasteiger partial charge < -0.3 is 10.4 Å². The first kappa shape index (κ1) is 14.5. The second-order valence-electron chi connectivity index (χ2n) is 4.43. The van der Waals surface area contributed by atoms with Crippen molar-refractivity contribution in [2.24, 2.45) is 0 Å². The average molecular weight is 292 g/mol. The van der Waals surface area contributed by atoms with Crippen molar-refractivity contribution in [3.8, 4) is 0 Å². The maximum Gasteiger partial charge on any atom is 0.336 e. The quantitative estimate of drug-likeness (QED) is 0.797. The topological polar surface area (TPSA) is 79.3 Å².